The van der Waals surface area contributed by atoms with Crippen molar-refractivity contribution in [2.75, 3.05) is 20.2 Å². The lowest BCUT2D eigenvalue weighted by Gasteiger charge is -2.18. The Morgan fingerprint density at radius 1 is 1.37 bits per heavy atom. The highest BCUT2D eigenvalue weighted by Gasteiger charge is 2.26. The van der Waals surface area contributed by atoms with E-state index in [1.54, 1.807) is 7.11 Å². The largest absolute Gasteiger partial charge is 0.496 e. The number of ether oxygens (including phenoxy) is 1. The first kappa shape index (κ1) is 13.9. The van der Waals surface area contributed by atoms with Crippen molar-refractivity contribution >= 4 is 5.84 Å². The number of nitrogens with two attached hydrogens (primary N) is 1. The van der Waals surface area contributed by atoms with Crippen LogP contribution in [0.5, 0.6) is 5.75 Å². The number of nitrogen functional groups attached to an aromatic ring is 1. The Morgan fingerprint density at radius 2 is 2.00 bits per heavy atom. The summed E-state index contributed by atoms with van der Waals surface area (Å²) in [5.41, 5.74) is 7.42. The fourth-order valence-electron chi connectivity index (χ4n) is 2.69. The molecule has 2 rings (SSSR count). The van der Waals surface area contributed by atoms with E-state index in [9.17, 15) is 0 Å². The number of hydrogen-bond acceptors (Lipinski definition) is 3. The highest BCUT2D eigenvalue weighted by molar-refractivity contribution is 5.95. The average Bonchev–Trinajstić information content (AvgIpc) is 2.68. The summed E-state index contributed by atoms with van der Waals surface area (Å²) in [7, 11) is 1.68. The van der Waals surface area contributed by atoms with Crippen molar-refractivity contribution in [2.24, 2.45) is 17.6 Å². The fraction of sp³-hybridized carbons (Fsp3) is 0.533. The number of hydrogen-bond donors (Lipinski definition) is 2. The molecule has 3 N–H and O–H groups in total. The number of likely N-dealkylation sites (tertiary alicyclic amines) is 1. The van der Waals surface area contributed by atoms with Gasteiger partial charge in [0.15, 0.2) is 0 Å². The molecule has 0 amide bonds. The Hall–Kier alpha value is -1.55. The summed E-state index contributed by atoms with van der Waals surface area (Å²) < 4.78 is 5.41. The van der Waals surface area contributed by atoms with Crippen molar-refractivity contribution in [2.45, 2.75) is 20.4 Å². The summed E-state index contributed by atoms with van der Waals surface area (Å²) in [4.78, 5) is 2.44. The first-order chi connectivity index (χ1) is 9.01. The number of methoxy groups -OCH3 is 1. The van der Waals surface area contributed by atoms with Crippen molar-refractivity contribution in [1.29, 1.82) is 5.41 Å². The highest BCUT2D eigenvalue weighted by atomic mass is 16.5. The van der Waals surface area contributed by atoms with E-state index in [2.05, 4.69) is 18.7 Å². The molecule has 1 fully saturated rings. The molecule has 0 radical (unpaired) electrons. The second-order valence-electron chi connectivity index (χ2n) is 5.59. The summed E-state index contributed by atoms with van der Waals surface area (Å²) in [6, 6.07) is 5.70. The molecule has 1 aromatic carbocycles. The van der Waals surface area contributed by atoms with Crippen LogP contribution in [-0.2, 0) is 6.54 Å². The molecule has 2 atom stereocenters. The van der Waals surface area contributed by atoms with Crippen LogP contribution in [0.1, 0.15) is 25.0 Å². The lowest BCUT2D eigenvalue weighted by atomic mass is 10.0. The second-order valence-corrected chi connectivity index (χ2v) is 5.59. The molecule has 4 nitrogen and oxygen atoms in total. The Morgan fingerprint density at radius 3 is 2.53 bits per heavy atom. The predicted molar refractivity (Wildman–Crippen MR) is 77.6 cm³/mol. The van der Waals surface area contributed by atoms with Crippen LogP contribution < -0.4 is 10.5 Å². The SMILES string of the molecule is COc1ccc(C(=N)N)cc1CN1CC(C)C(C)C1. The molecule has 1 saturated heterocycles. The van der Waals surface area contributed by atoms with Crippen molar-refractivity contribution in [3.05, 3.63) is 29.3 Å². The zero-order valence-electron chi connectivity index (χ0n) is 11.9. The van der Waals surface area contributed by atoms with E-state index in [0.717, 1.165) is 48.3 Å². The van der Waals surface area contributed by atoms with E-state index in [-0.39, 0.29) is 5.84 Å². The van der Waals surface area contributed by atoms with Crippen molar-refractivity contribution in [3.8, 4) is 5.75 Å². The van der Waals surface area contributed by atoms with E-state index in [1.807, 2.05) is 18.2 Å². The molecular weight excluding hydrogens is 238 g/mol. The molecule has 1 aliphatic rings. The molecule has 0 saturated carbocycles. The molecule has 0 spiro atoms. The monoisotopic (exact) mass is 261 g/mol. The van der Waals surface area contributed by atoms with Crippen molar-refractivity contribution < 1.29 is 4.74 Å². The smallest absolute Gasteiger partial charge is 0.123 e. The standard InChI is InChI=1S/C15H23N3O/c1-10-7-18(8-11(10)2)9-13-6-12(15(16)17)4-5-14(13)19-3/h4-6,10-11H,7-9H2,1-3H3,(H3,16,17). The maximum atomic E-state index is 7.53. The van der Waals surface area contributed by atoms with Crippen LogP contribution in [0.25, 0.3) is 0 Å². The number of nitrogens with one attached hydrogen (secondary N) is 1. The minimum absolute atomic E-state index is 0.104. The minimum Gasteiger partial charge on any atom is -0.496 e. The summed E-state index contributed by atoms with van der Waals surface area (Å²) in [5, 5.41) is 7.53. The number of rotatable bonds is 4. The van der Waals surface area contributed by atoms with Gasteiger partial charge in [0.05, 0.1) is 7.11 Å². The van der Waals surface area contributed by atoms with Crippen LogP contribution in [0.15, 0.2) is 18.2 Å². The first-order valence-corrected chi connectivity index (χ1v) is 6.75. The van der Waals surface area contributed by atoms with Crippen LogP contribution in [0.3, 0.4) is 0 Å². The Bertz CT molecular complexity index is 462. The van der Waals surface area contributed by atoms with Gasteiger partial charge in [-0.05, 0) is 30.0 Å². The average molecular weight is 261 g/mol. The second kappa shape index (κ2) is 5.61. The molecule has 1 aromatic rings. The van der Waals surface area contributed by atoms with Gasteiger partial charge in [0.2, 0.25) is 0 Å². The van der Waals surface area contributed by atoms with E-state index in [4.69, 9.17) is 15.9 Å². The molecule has 0 aromatic heterocycles. The number of amidine groups is 1. The zero-order chi connectivity index (χ0) is 14.0. The molecule has 104 valence electrons. The number of benzene rings is 1. The van der Waals surface area contributed by atoms with Crippen molar-refractivity contribution in [1.82, 2.24) is 4.90 Å². The quantitative estimate of drug-likeness (QED) is 0.644. The number of nitrogens with zero attached hydrogens (tertiary/aromatic N) is 1. The van der Waals surface area contributed by atoms with Crippen LogP contribution in [0.4, 0.5) is 0 Å². The summed E-state index contributed by atoms with van der Waals surface area (Å²) in [6.45, 7) is 7.70. The van der Waals surface area contributed by atoms with Gasteiger partial charge in [0, 0.05) is 30.8 Å². The normalized spacial score (nSPS) is 23.5. The predicted octanol–water partition coefficient (Wildman–Crippen LogP) is 2.07. The van der Waals surface area contributed by atoms with Gasteiger partial charge in [-0.1, -0.05) is 13.8 Å². The van der Waals surface area contributed by atoms with E-state index in [0.29, 0.717) is 0 Å². The third-order valence-corrected chi connectivity index (χ3v) is 4.05. The van der Waals surface area contributed by atoms with Gasteiger partial charge < -0.3 is 10.5 Å². The topological polar surface area (TPSA) is 62.3 Å². The maximum Gasteiger partial charge on any atom is 0.123 e. The van der Waals surface area contributed by atoms with Gasteiger partial charge >= 0.3 is 0 Å². The third kappa shape index (κ3) is 3.07. The maximum absolute atomic E-state index is 7.53. The van der Waals surface area contributed by atoms with E-state index < -0.39 is 0 Å². The summed E-state index contributed by atoms with van der Waals surface area (Å²) in [6.07, 6.45) is 0. The molecule has 1 heterocycles. The van der Waals surface area contributed by atoms with Gasteiger partial charge in [-0.3, -0.25) is 10.3 Å². The van der Waals surface area contributed by atoms with Crippen LogP contribution in [-0.4, -0.2) is 30.9 Å². The van der Waals surface area contributed by atoms with Crippen molar-refractivity contribution in [3.63, 3.8) is 0 Å². The molecule has 0 bridgehead atoms. The molecule has 19 heavy (non-hydrogen) atoms. The van der Waals surface area contributed by atoms with Gasteiger partial charge in [-0.2, -0.15) is 0 Å². The van der Waals surface area contributed by atoms with E-state index >= 15 is 0 Å². The molecule has 2 unspecified atom stereocenters. The van der Waals surface area contributed by atoms with Gasteiger partial charge in [0.25, 0.3) is 0 Å². The molecule has 1 aliphatic heterocycles. The molecule has 0 aliphatic carbocycles. The molecule has 4 heteroatoms. The minimum atomic E-state index is 0.104. The summed E-state index contributed by atoms with van der Waals surface area (Å²) >= 11 is 0. The third-order valence-electron chi connectivity index (χ3n) is 4.05. The zero-order valence-corrected chi connectivity index (χ0v) is 11.9. The Balaban J connectivity index is 2.18. The summed E-state index contributed by atoms with van der Waals surface area (Å²) in [5.74, 6) is 2.45. The van der Waals surface area contributed by atoms with Gasteiger partial charge in [0.1, 0.15) is 11.6 Å². The van der Waals surface area contributed by atoms with E-state index in [1.165, 1.54) is 0 Å². The van der Waals surface area contributed by atoms with Crippen LogP contribution in [0, 0.1) is 17.2 Å². The molecular formula is C15H23N3O. The van der Waals surface area contributed by atoms with Gasteiger partial charge in [-0.25, -0.2) is 0 Å². The lowest BCUT2D eigenvalue weighted by Crippen LogP contribution is -2.21. The lowest BCUT2D eigenvalue weighted by molar-refractivity contribution is 0.307. The Labute approximate surface area is 115 Å². The van der Waals surface area contributed by atoms with Gasteiger partial charge in [-0.15, -0.1) is 0 Å². The first-order valence-electron chi connectivity index (χ1n) is 6.75. The highest BCUT2D eigenvalue weighted by Crippen LogP contribution is 2.27. The fourth-order valence-corrected chi connectivity index (χ4v) is 2.69. The van der Waals surface area contributed by atoms with Crippen LogP contribution in [0.2, 0.25) is 0 Å². The van der Waals surface area contributed by atoms with Crippen LogP contribution >= 0.6 is 0 Å². The Kier molecular flexibility index (Phi) is 4.10.